The van der Waals surface area contributed by atoms with E-state index in [-0.39, 0.29) is 29.4 Å². The number of fused-ring (bicyclic) bond motifs is 3. The molecule has 3 N–H and O–H groups in total. The van der Waals surface area contributed by atoms with Crippen molar-refractivity contribution in [2.45, 2.75) is 83.1 Å². The number of methoxy groups -OCH3 is 1. The van der Waals surface area contributed by atoms with Gasteiger partial charge in [-0.2, -0.15) is 0 Å². The molecule has 2 aliphatic heterocycles. The Hall–Kier alpha value is -3.12. The van der Waals surface area contributed by atoms with E-state index in [2.05, 4.69) is 43.6 Å². The number of benzene rings is 2. The number of nitrogens with zero attached hydrogens (tertiary/aromatic N) is 2. The molecule has 10 nitrogen and oxygen atoms in total. The van der Waals surface area contributed by atoms with Crippen molar-refractivity contribution >= 4 is 39.1 Å². The third-order valence-electron chi connectivity index (χ3n) is 10.1. The van der Waals surface area contributed by atoms with E-state index in [9.17, 15) is 18.9 Å². The van der Waals surface area contributed by atoms with Crippen LogP contribution in [0.2, 0.25) is 5.02 Å². The Labute approximate surface area is 288 Å². The first-order chi connectivity index (χ1) is 23.1. The minimum absolute atomic E-state index is 0.00693. The topological polar surface area (TPSA) is 130 Å². The lowest BCUT2D eigenvalue weighted by molar-refractivity contribution is 0.0133. The van der Waals surface area contributed by atoms with Gasteiger partial charge in [-0.1, -0.05) is 36.7 Å². The van der Waals surface area contributed by atoms with Crippen LogP contribution in [0.4, 0.5) is 10.5 Å². The molecule has 1 unspecified atom stereocenters. The number of rotatable bonds is 3. The molecule has 260 valence electrons. The maximum atomic E-state index is 14.3. The van der Waals surface area contributed by atoms with Crippen LogP contribution in [-0.2, 0) is 27.6 Å². The van der Waals surface area contributed by atoms with E-state index in [0.29, 0.717) is 55.0 Å². The molecule has 0 spiro atoms. The highest BCUT2D eigenvalue weighted by Gasteiger charge is 2.38. The molecule has 4 aliphatic rings. The molecule has 0 saturated heterocycles. The Bertz CT molecular complexity index is 1650. The Morgan fingerprint density at radius 2 is 1.98 bits per heavy atom. The van der Waals surface area contributed by atoms with Crippen LogP contribution in [0.1, 0.15) is 73.4 Å². The summed E-state index contributed by atoms with van der Waals surface area (Å²) in [5.41, 5.74) is 3.42. The maximum Gasteiger partial charge on any atom is 0.327 e. The molecule has 0 radical (unpaired) electrons. The van der Waals surface area contributed by atoms with Gasteiger partial charge in [-0.25, -0.2) is 9.00 Å². The van der Waals surface area contributed by atoms with Crippen LogP contribution in [0, 0.1) is 17.8 Å². The molecular weight excluding hydrogens is 652 g/mol. The fraction of sp³-hybridized carbons (Fsp3) is 0.556. The first-order valence-electron chi connectivity index (χ1n) is 17.1. The molecule has 2 saturated carbocycles. The third kappa shape index (κ3) is 8.35. The first-order valence-corrected chi connectivity index (χ1v) is 19.2. The molecule has 2 bridgehead atoms. The van der Waals surface area contributed by atoms with E-state index in [1.165, 1.54) is 11.1 Å². The zero-order chi connectivity index (χ0) is 33.8. The summed E-state index contributed by atoms with van der Waals surface area (Å²) in [6, 6.07) is 10.5. The summed E-state index contributed by atoms with van der Waals surface area (Å²) in [4.78, 5) is 29.1. The third-order valence-corrected chi connectivity index (χ3v) is 12.3. The summed E-state index contributed by atoms with van der Waals surface area (Å²) in [5, 5.41) is 13.1. The summed E-state index contributed by atoms with van der Waals surface area (Å²) < 4.78 is 33.4. The lowest BCUT2D eigenvalue weighted by Crippen LogP contribution is -2.51. The van der Waals surface area contributed by atoms with Crippen molar-refractivity contribution < 1.29 is 28.4 Å². The molecule has 6 rings (SSSR count). The van der Waals surface area contributed by atoms with Crippen molar-refractivity contribution in [3.63, 3.8) is 0 Å². The molecule has 2 aliphatic carbocycles. The van der Waals surface area contributed by atoms with E-state index in [1.807, 2.05) is 13.0 Å². The molecule has 48 heavy (non-hydrogen) atoms. The predicted molar refractivity (Wildman–Crippen MR) is 188 cm³/mol. The fourth-order valence-corrected chi connectivity index (χ4v) is 9.27. The Morgan fingerprint density at radius 3 is 2.73 bits per heavy atom. The van der Waals surface area contributed by atoms with Gasteiger partial charge in [-0.3, -0.25) is 9.52 Å². The smallest absolute Gasteiger partial charge is 0.327 e. The number of amides is 3. The Balaban J connectivity index is 1.41. The van der Waals surface area contributed by atoms with Crippen LogP contribution in [0.5, 0.6) is 5.75 Å². The standard InChI is InChI=1S/C36H47ClN4O6S/c1-23-6-5-8-33(46-2)31-13-10-27(31)21-41-20-26-9-12-28(37)16-24(26)7-3-4-15-47-34-14-11-25(17-32(34)41)35(43)39-48(45,22-23)40-36(44)38-29-18-30(42)19-29/h5,8-9,11-12,14,16-17,23,27,29-31,33,42H,3-4,6-7,10,13,15,18-22H2,1-2H3,(H2,38,39,40,43,44,45)/b8-5+/t23-,27-,29?,30?,31+,33-,48?/m0/s1. The second kappa shape index (κ2) is 15.2. The summed E-state index contributed by atoms with van der Waals surface area (Å²) >= 11 is 6.44. The molecule has 2 aromatic carbocycles. The van der Waals surface area contributed by atoms with Crippen LogP contribution >= 0.6 is 11.6 Å². The molecule has 2 heterocycles. The number of carbonyl (C=O) groups excluding carboxylic acids is 2. The quantitative estimate of drug-likeness (QED) is 0.333. The number of hydrogen-bond donors (Lipinski definition) is 3. The number of halogens is 1. The van der Waals surface area contributed by atoms with Gasteiger partial charge in [-0.15, -0.1) is 4.36 Å². The Kier molecular flexibility index (Phi) is 11.0. The normalized spacial score (nSPS) is 31.6. The molecule has 3 amide bonds. The number of aliphatic hydroxyl groups excluding tert-OH is 1. The number of hydrogen-bond acceptors (Lipinski definition) is 7. The molecule has 2 aromatic rings. The first kappa shape index (κ1) is 34.7. The lowest BCUT2D eigenvalue weighted by atomic mass is 9.70. The summed E-state index contributed by atoms with van der Waals surface area (Å²) in [6.45, 7) is 3.79. The highest BCUT2D eigenvalue weighted by atomic mass is 35.5. The average Bonchev–Trinajstić information content (AvgIpc) is 3.04. The monoisotopic (exact) mass is 698 g/mol. The zero-order valence-electron chi connectivity index (χ0n) is 27.7. The second-order valence-corrected chi connectivity index (χ2v) is 16.3. The second-order valence-electron chi connectivity index (χ2n) is 13.9. The summed E-state index contributed by atoms with van der Waals surface area (Å²) in [5.74, 6) is 0.538. The molecule has 2 fully saturated rings. The number of aryl methyl sites for hydroxylation is 1. The number of ether oxygens (including phenoxy) is 2. The minimum Gasteiger partial charge on any atom is -0.491 e. The molecule has 12 heteroatoms. The van der Waals surface area contributed by atoms with Gasteiger partial charge in [0.25, 0.3) is 5.91 Å². The van der Waals surface area contributed by atoms with Crippen molar-refractivity contribution in [2.75, 3.05) is 30.9 Å². The van der Waals surface area contributed by atoms with Gasteiger partial charge in [0.1, 0.15) is 15.7 Å². The lowest BCUT2D eigenvalue weighted by Gasteiger charge is -2.43. The summed E-state index contributed by atoms with van der Waals surface area (Å²) in [7, 11) is -1.77. The highest BCUT2D eigenvalue weighted by Crippen LogP contribution is 2.42. The number of carbonyl (C=O) groups is 2. The van der Waals surface area contributed by atoms with Crippen molar-refractivity contribution in [3.8, 4) is 5.75 Å². The number of allylic oxidation sites excluding steroid dienone is 1. The van der Waals surface area contributed by atoms with Crippen LogP contribution in [0.25, 0.3) is 0 Å². The van der Waals surface area contributed by atoms with Gasteiger partial charge in [-0.05, 0) is 111 Å². The van der Waals surface area contributed by atoms with Gasteiger partial charge in [0, 0.05) is 36.8 Å². The number of anilines is 1. The van der Waals surface area contributed by atoms with Gasteiger partial charge < -0.3 is 24.8 Å². The van der Waals surface area contributed by atoms with Gasteiger partial charge >= 0.3 is 6.03 Å². The molecular formula is C36H47ClN4O6S. The Morgan fingerprint density at radius 1 is 1.15 bits per heavy atom. The van der Waals surface area contributed by atoms with Gasteiger partial charge in [0.05, 0.1) is 30.3 Å². The SMILES string of the molecule is CO[C@H]1/C=C/C[C@H](C)CS(=O)(NC(=O)NC2CC(O)C2)=NC(=O)c2ccc3c(c2)N(Cc2ccc(Cl)cc2CCCCO3)C[C@@H]2CC[C@H]21. The van der Waals surface area contributed by atoms with E-state index >= 15 is 0 Å². The fourth-order valence-electron chi connectivity index (χ4n) is 7.24. The van der Waals surface area contributed by atoms with Crippen molar-refractivity contribution in [1.29, 1.82) is 0 Å². The van der Waals surface area contributed by atoms with Gasteiger partial charge in [0.15, 0.2) is 0 Å². The van der Waals surface area contributed by atoms with Crippen LogP contribution < -0.4 is 19.7 Å². The van der Waals surface area contributed by atoms with Crippen molar-refractivity contribution in [2.24, 2.45) is 22.1 Å². The maximum absolute atomic E-state index is 14.3. The number of nitrogens with one attached hydrogen (secondary N) is 2. The van der Waals surface area contributed by atoms with Crippen LogP contribution in [-0.4, -0.2) is 65.5 Å². The predicted octanol–water partition coefficient (Wildman–Crippen LogP) is 6.04. The summed E-state index contributed by atoms with van der Waals surface area (Å²) in [6.07, 6.45) is 9.90. The van der Waals surface area contributed by atoms with E-state index in [0.717, 1.165) is 44.3 Å². The average molecular weight is 699 g/mol. The number of urea groups is 1. The largest absolute Gasteiger partial charge is 0.491 e. The highest BCUT2D eigenvalue weighted by molar-refractivity contribution is 7.92. The van der Waals surface area contributed by atoms with Crippen molar-refractivity contribution in [3.05, 3.63) is 70.3 Å². The zero-order valence-corrected chi connectivity index (χ0v) is 29.3. The van der Waals surface area contributed by atoms with E-state index in [4.69, 9.17) is 21.1 Å². The molecule has 5 atom stereocenters. The van der Waals surface area contributed by atoms with Crippen LogP contribution in [0.3, 0.4) is 0 Å². The molecule has 0 aromatic heterocycles. The number of aliphatic hydroxyl groups is 1. The minimum atomic E-state index is -3.51. The van der Waals surface area contributed by atoms with Crippen LogP contribution in [0.15, 0.2) is 52.9 Å². The van der Waals surface area contributed by atoms with E-state index in [1.54, 1.807) is 25.3 Å². The van der Waals surface area contributed by atoms with Crippen molar-refractivity contribution in [1.82, 2.24) is 10.0 Å². The van der Waals surface area contributed by atoms with Gasteiger partial charge in [0.2, 0.25) is 0 Å². The van der Waals surface area contributed by atoms with E-state index < -0.39 is 28.0 Å².